The lowest BCUT2D eigenvalue weighted by Gasteiger charge is -2.10. The molecule has 0 atom stereocenters. The Kier molecular flexibility index (Phi) is 4.29. The van der Waals surface area contributed by atoms with Gasteiger partial charge in [-0.2, -0.15) is 0 Å². The molecule has 2 aliphatic rings. The van der Waals surface area contributed by atoms with Gasteiger partial charge in [-0.15, -0.1) is 0 Å². The molecule has 3 aromatic heterocycles. The molecule has 5 heterocycles. The third-order valence-electron chi connectivity index (χ3n) is 5.70. The van der Waals surface area contributed by atoms with E-state index in [2.05, 4.69) is 24.8 Å². The Balaban J connectivity index is 1.41. The van der Waals surface area contributed by atoms with Crippen LogP contribution in [-0.2, 0) is 6.54 Å². The van der Waals surface area contributed by atoms with Gasteiger partial charge < -0.3 is 0 Å². The maximum Gasteiger partial charge on any atom is 0.261 e. The zero-order chi connectivity index (χ0) is 21.8. The Labute approximate surface area is 186 Å². The first-order chi connectivity index (χ1) is 15.6. The summed E-state index contributed by atoms with van der Waals surface area (Å²) in [6.07, 6.45) is 5.62. The second-order valence-electron chi connectivity index (χ2n) is 7.63. The number of anilines is 1. The van der Waals surface area contributed by atoms with Crippen molar-refractivity contribution in [3.05, 3.63) is 76.8 Å². The summed E-state index contributed by atoms with van der Waals surface area (Å²) in [6.45, 7) is 2.19. The van der Waals surface area contributed by atoms with Crippen molar-refractivity contribution in [2.45, 2.75) is 6.54 Å². The topological polar surface area (TPSA) is 69.8 Å². The summed E-state index contributed by atoms with van der Waals surface area (Å²) in [5.41, 5.74) is 5.19. The van der Waals surface area contributed by atoms with E-state index in [1.807, 2.05) is 36.8 Å². The summed E-state index contributed by atoms with van der Waals surface area (Å²) >= 11 is 5.89. The van der Waals surface area contributed by atoms with E-state index in [0.717, 1.165) is 41.7 Å². The van der Waals surface area contributed by atoms with Crippen LogP contribution >= 0.6 is 11.6 Å². The van der Waals surface area contributed by atoms with Gasteiger partial charge in [-0.3, -0.25) is 20.3 Å². The predicted octanol–water partition coefficient (Wildman–Crippen LogP) is 4.16. The van der Waals surface area contributed by atoms with Crippen LogP contribution in [0.5, 0.6) is 0 Å². The summed E-state index contributed by atoms with van der Waals surface area (Å²) in [7, 11) is 0. The number of halogens is 3. The van der Waals surface area contributed by atoms with E-state index in [-0.39, 0.29) is 10.6 Å². The van der Waals surface area contributed by atoms with E-state index in [4.69, 9.17) is 16.6 Å². The number of benzene rings is 1. The van der Waals surface area contributed by atoms with Gasteiger partial charge in [-0.25, -0.2) is 18.3 Å². The summed E-state index contributed by atoms with van der Waals surface area (Å²) in [4.78, 5) is 17.0. The number of allylic oxidation sites excluding steroid dienone is 1. The molecule has 158 valence electrons. The maximum atomic E-state index is 14.5. The number of H-pyrrole nitrogens is 1. The number of pyridine rings is 2. The molecule has 1 aromatic carbocycles. The number of hydrogen-bond donors (Lipinski definition) is 2. The fraction of sp³-hybridized carbons (Fsp3) is 0.130. The Morgan fingerprint density at radius 2 is 1.97 bits per heavy atom. The lowest BCUT2D eigenvalue weighted by molar-refractivity contribution is -0.669. The van der Waals surface area contributed by atoms with Crippen molar-refractivity contribution >= 4 is 39.7 Å². The number of fused-ring (bicyclic) bond motifs is 2. The van der Waals surface area contributed by atoms with Crippen LogP contribution in [0.3, 0.4) is 0 Å². The van der Waals surface area contributed by atoms with Crippen LogP contribution in [-0.4, -0.2) is 33.8 Å². The Morgan fingerprint density at radius 3 is 2.88 bits per heavy atom. The number of aliphatic imine (C=N–C) groups is 1. The third-order valence-corrected chi connectivity index (χ3v) is 5.99. The van der Waals surface area contributed by atoms with Gasteiger partial charge in [0.2, 0.25) is 0 Å². The molecule has 0 spiro atoms. The first kappa shape index (κ1) is 19.1. The highest BCUT2D eigenvalue weighted by Crippen LogP contribution is 2.30. The van der Waals surface area contributed by atoms with Gasteiger partial charge in [0, 0.05) is 29.0 Å². The Bertz CT molecular complexity index is 1470. The van der Waals surface area contributed by atoms with Gasteiger partial charge in [0.1, 0.15) is 18.2 Å². The second-order valence-corrected chi connectivity index (χ2v) is 8.04. The van der Waals surface area contributed by atoms with Crippen LogP contribution in [0.2, 0.25) is 5.02 Å². The standard InChI is InChI=1S/C23H15ClF2N6/c24-15-8-14(16(25)9-17(15)26)22-13(3-4-27-22)18-1-2-19-20(31-18)7-12(10-29-19)21-23-28-5-6-32(23)11-30-21/h1-3,7-11H,4-6H2,(H,28,31)/p+1. The fourth-order valence-corrected chi connectivity index (χ4v) is 4.33. The summed E-state index contributed by atoms with van der Waals surface area (Å²) in [5, 5.41) is 3.22. The van der Waals surface area contributed by atoms with Crippen LogP contribution in [0, 0.1) is 11.6 Å². The van der Waals surface area contributed by atoms with E-state index < -0.39 is 11.6 Å². The first-order valence-electron chi connectivity index (χ1n) is 10.1. The van der Waals surface area contributed by atoms with Crippen molar-refractivity contribution < 1.29 is 13.3 Å². The van der Waals surface area contributed by atoms with Crippen molar-refractivity contribution in [3.8, 4) is 11.3 Å². The van der Waals surface area contributed by atoms with Crippen molar-refractivity contribution in [1.29, 1.82) is 0 Å². The van der Waals surface area contributed by atoms with Gasteiger partial charge in [-0.05, 0) is 24.3 Å². The second kappa shape index (κ2) is 7.20. The Hall–Kier alpha value is -3.65. The molecule has 32 heavy (non-hydrogen) atoms. The molecule has 6 rings (SSSR count). The monoisotopic (exact) mass is 449 g/mol. The molecule has 0 amide bonds. The van der Waals surface area contributed by atoms with Gasteiger partial charge in [0.15, 0.2) is 12.0 Å². The average Bonchev–Trinajstić information content (AvgIpc) is 3.52. The van der Waals surface area contributed by atoms with E-state index >= 15 is 0 Å². The molecule has 4 aromatic rings. The predicted molar refractivity (Wildman–Crippen MR) is 119 cm³/mol. The molecule has 9 heteroatoms. The summed E-state index contributed by atoms with van der Waals surface area (Å²) in [5.74, 6) is -0.490. The number of rotatable bonds is 3. The zero-order valence-electron chi connectivity index (χ0n) is 16.7. The molecule has 0 fully saturated rings. The zero-order valence-corrected chi connectivity index (χ0v) is 17.4. The highest BCUT2D eigenvalue weighted by Gasteiger charge is 2.25. The van der Waals surface area contributed by atoms with Crippen LogP contribution in [0.1, 0.15) is 11.3 Å². The molecular weight excluding hydrogens is 434 g/mol. The molecule has 2 aliphatic heterocycles. The molecule has 0 aliphatic carbocycles. The normalized spacial score (nSPS) is 15.0. The van der Waals surface area contributed by atoms with Crippen molar-refractivity contribution in [1.82, 2.24) is 15.0 Å². The van der Waals surface area contributed by atoms with Crippen LogP contribution in [0.15, 0.2) is 53.9 Å². The largest absolute Gasteiger partial charge is 0.299 e. The van der Waals surface area contributed by atoms with Crippen molar-refractivity contribution in [2.24, 2.45) is 4.99 Å². The molecule has 0 saturated heterocycles. The minimum absolute atomic E-state index is 0.152. The molecule has 0 unspecified atom stereocenters. The average molecular weight is 450 g/mol. The molecule has 6 nitrogen and oxygen atoms in total. The smallest absolute Gasteiger partial charge is 0.261 e. The lowest BCUT2D eigenvalue weighted by Crippen LogP contribution is -2.27. The maximum absolute atomic E-state index is 14.5. The molecule has 2 N–H and O–H groups in total. The van der Waals surface area contributed by atoms with Gasteiger partial charge in [0.05, 0.1) is 40.6 Å². The van der Waals surface area contributed by atoms with E-state index in [9.17, 15) is 8.78 Å². The van der Waals surface area contributed by atoms with E-state index in [1.54, 1.807) is 0 Å². The molecule has 0 saturated carbocycles. The number of nitrogens with zero attached hydrogens (tertiary/aromatic N) is 4. The highest BCUT2D eigenvalue weighted by atomic mass is 35.5. The summed E-state index contributed by atoms with van der Waals surface area (Å²) < 4.78 is 30.2. The molecule has 0 bridgehead atoms. The third kappa shape index (κ3) is 2.98. The number of nitrogens with one attached hydrogen (secondary N) is 2. The number of imidazole rings is 1. The number of aromatic amines is 1. The molecule has 0 radical (unpaired) electrons. The first-order valence-corrected chi connectivity index (χ1v) is 10.5. The van der Waals surface area contributed by atoms with Crippen LogP contribution in [0.25, 0.3) is 27.9 Å². The van der Waals surface area contributed by atoms with Crippen molar-refractivity contribution in [2.75, 3.05) is 18.4 Å². The summed E-state index contributed by atoms with van der Waals surface area (Å²) in [6, 6.07) is 7.72. The fourth-order valence-electron chi connectivity index (χ4n) is 4.16. The molecular formula is C23H16ClF2N6+. The van der Waals surface area contributed by atoms with Gasteiger partial charge in [-0.1, -0.05) is 17.7 Å². The van der Waals surface area contributed by atoms with Gasteiger partial charge >= 0.3 is 0 Å². The SMILES string of the molecule is Fc1cc(F)c(C2=NCC=C2c2ccc3ncc(-c4[nH]c[n+]5c4NCC5)cc3n2)cc1Cl. The van der Waals surface area contributed by atoms with E-state index in [1.165, 1.54) is 6.07 Å². The van der Waals surface area contributed by atoms with Gasteiger partial charge in [0.25, 0.3) is 5.82 Å². The van der Waals surface area contributed by atoms with Crippen molar-refractivity contribution in [3.63, 3.8) is 0 Å². The Morgan fingerprint density at radius 1 is 1.06 bits per heavy atom. The highest BCUT2D eigenvalue weighted by molar-refractivity contribution is 6.35. The number of hydrogen-bond acceptors (Lipinski definition) is 4. The van der Waals surface area contributed by atoms with Crippen LogP contribution in [0.4, 0.5) is 14.6 Å². The van der Waals surface area contributed by atoms with Crippen LogP contribution < -0.4 is 9.88 Å². The lowest BCUT2D eigenvalue weighted by atomic mass is 9.99. The minimum atomic E-state index is -0.803. The number of aromatic nitrogens is 4. The van der Waals surface area contributed by atoms with E-state index in [0.29, 0.717) is 29.0 Å². The quantitative estimate of drug-likeness (QED) is 0.364. The minimum Gasteiger partial charge on any atom is -0.299 e.